The van der Waals surface area contributed by atoms with Crippen molar-refractivity contribution >= 4 is 23.5 Å². The Balaban J connectivity index is 2.12. The highest BCUT2D eigenvalue weighted by Gasteiger charge is 2.20. The highest BCUT2D eigenvalue weighted by molar-refractivity contribution is 6.31. The second-order valence-electron chi connectivity index (χ2n) is 4.13. The van der Waals surface area contributed by atoms with Crippen LogP contribution in [0.2, 0.25) is 5.02 Å². The number of halogens is 1. The highest BCUT2D eigenvalue weighted by atomic mass is 35.5. The van der Waals surface area contributed by atoms with E-state index in [0.717, 1.165) is 11.6 Å². The van der Waals surface area contributed by atoms with Crippen LogP contribution >= 0.6 is 11.6 Å². The lowest BCUT2D eigenvalue weighted by atomic mass is 10.2. The molecule has 2 rings (SSSR count). The minimum absolute atomic E-state index is 0.0584. The zero-order chi connectivity index (χ0) is 14.7. The van der Waals surface area contributed by atoms with Gasteiger partial charge in [0.25, 0.3) is 5.91 Å². The molecule has 0 unspecified atom stereocenters. The van der Waals surface area contributed by atoms with Crippen molar-refractivity contribution < 1.29 is 19.2 Å². The predicted octanol–water partition coefficient (Wildman–Crippen LogP) is 2.30. The van der Waals surface area contributed by atoms with E-state index >= 15 is 0 Å². The third-order valence-electron chi connectivity index (χ3n) is 2.65. The second-order valence-corrected chi connectivity index (χ2v) is 4.54. The van der Waals surface area contributed by atoms with Crippen molar-refractivity contribution in [3.05, 3.63) is 52.4 Å². The van der Waals surface area contributed by atoms with E-state index in [-0.39, 0.29) is 18.0 Å². The van der Waals surface area contributed by atoms with Crippen LogP contribution in [0.1, 0.15) is 26.6 Å². The number of hydrogen-bond donors (Lipinski definition) is 1. The van der Waals surface area contributed by atoms with Crippen LogP contribution in [0.5, 0.6) is 0 Å². The number of carbonyl (C=O) groups excluding carboxylic acids is 1. The predicted molar refractivity (Wildman–Crippen MR) is 70.7 cm³/mol. The average molecular weight is 295 g/mol. The van der Waals surface area contributed by atoms with Crippen LogP contribution in [0.4, 0.5) is 0 Å². The Bertz CT molecular complexity index is 653. The van der Waals surface area contributed by atoms with Gasteiger partial charge in [-0.05, 0) is 11.6 Å². The molecule has 0 saturated heterocycles. The first-order chi connectivity index (χ1) is 9.49. The summed E-state index contributed by atoms with van der Waals surface area (Å²) >= 11 is 6.01. The van der Waals surface area contributed by atoms with E-state index in [1.807, 2.05) is 6.07 Å². The monoisotopic (exact) mass is 294 g/mol. The van der Waals surface area contributed by atoms with Gasteiger partial charge in [-0.25, -0.2) is 4.79 Å². The lowest BCUT2D eigenvalue weighted by Crippen LogP contribution is -2.26. The summed E-state index contributed by atoms with van der Waals surface area (Å²) in [5.74, 6) is -2.09. The molecular formula is C13H11ClN2O4. The minimum Gasteiger partial charge on any atom is -0.475 e. The highest BCUT2D eigenvalue weighted by Crippen LogP contribution is 2.17. The smallest absolute Gasteiger partial charge is 0.374 e. The van der Waals surface area contributed by atoms with Crippen LogP contribution in [0.25, 0.3) is 0 Å². The summed E-state index contributed by atoms with van der Waals surface area (Å²) in [5, 5.41) is 12.7. The third kappa shape index (κ3) is 2.97. The van der Waals surface area contributed by atoms with Gasteiger partial charge in [0, 0.05) is 24.7 Å². The molecule has 1 aromatic heterocycles. The van der Waals surface area contributed by atoms with Crippen molar-refractivity contribution in [1.82, 2.24) is 10.1 Å². The molecule has 2 aromatic rings. The number of nitrogens with zero attached hydrogens (tertiary/aromatic N) is 2. The Labute approximate surface area is 119 Å². The fourth-order valence-electron chi connectivity index (χ4n) is 1.63. The first-order valence-electron chi connectivity index (χ1n) is 5.68. The molecule has 1 heterocycles. The molecule has 1 N–H and O–H groups in total. The summed E-state index contributed by atoms with van der Waals surface area (Å²) in [6.45, 7) is 0.285. The molecule has 6 nitrogen and oxygen atoms in total. The maximum Gasteiger partial charge on any atom is 0.374 e. The maximum atomic E-state index is 12.1. The van der Waals surface area contributed by atoms with E-state index in [0.29, 0.717) is 5.02 Å². The number of benzene rings is 1. The van der Waals surface area contributed by atoms with Crippen LogP contribution in [-0.4, -0.2) is 34.1 Å². The van der Waals surface area contributed by atoms with Crippen LogP contribution in [0.3, 0.4) is 0 Å². The number of carboxylic acid groups (broad SMARTS) is 1. The molecule has 7 heteroatoms. The lowest BCUT2D eigenvalue weighted by Gasteiger charge is -2.16. The number of aromatic nitrogens is 1. The molecule has 0 bridgehead atoms. The van der Waals surface area contributed by atoms with Crippen LogP contribution in [0.15, 0.2) is 34.9 Å². The fourth-order valence-corrected chi connectivity index (χ4v) is 1.82. The zero-order valence-electron chi connectivity index (χ0n) is 10.5. The minimum atomic E-state index is -1.27. The maximum absolute atomic E-state index is 12.1. The number of carbonyl (C=O) groups is 2. The van der Waals surface area contributed by atoms with Crippen molar-refractivity contribution in [3.8, 4) is 0 Å². The molecule has 0 spiro atoms. The molecule has 0 aliphatic rings. The summed E-state index contributed by atoms with van der Waals surface area (Å²) in [4.78, 5) is 24.1. The van der Waals surface area contributed by atoms with E-state index in [9.17, 15) is 9.59 Å². The first kappa shape index (κ1) is 14.1. The number of amides is 1. The standard InChI is InChI=1S/C13H11ClN2O4/c1-16(7-8-4-2-3-5-9(8)14)12(17)10-6-11(13(18)19)20-15-10/h2-6H,7H2,1H3,(H,18,19). The molecule has 1 amide bonds. The quantitative estimate of drug-likeness (QED) is 0.935. The van der Waals surface area contributed by atoms with Gasteiger partial charge in [0.2, 0.25) is 5.76 Å². The topological polar surface area (TPSA) is 83.6 Å². The van der Waals surface area contributed by atoms with Gasteiger partial charge in [0.1, 0.15) is 0 Å². The Kier molecular flexibility index (Phi) is 4.05. The van der Waals surface area contributed by atoms with Gasteiger partial charge in [-0.1, -0.05) is 35.0 Å². The Morgan fingerprint density at radius 3 is 2.70 bits per heavy atom. The number of carboxylic acids is 1. The van der Waals surface area contributed by atoms with Crippen molar-refractivity contribution in [3.63, 3.8) is 0 Å². The van der Waals surface area contributed by atoms with Crippen molar-refractivity contribution in [2.45, 2.75) is 6.54 Å². The molecule has 1 aromatic carbocycles. The van der Waals surface area contributed by atoms with Crippen molar-refractivity contribution in [1.29, 1.82) is 0 Å². The summed E-state index contributed by atoms with van der Waals surface area (Å²) in [6, 6.07) is 8.24. The Hall–Kier alpha value is -2.34. The van der Waals surface area contributed by atoms with E-state index in [1.165, 1.54) is 4.90 Å². The van der Waals surface area contributed by atoms with Crippen LogP contribution < -0.4 is 0 Å². The average Bonchev–Trinajstić information content (AvgIpc) is 2.90. The lowest BCUT2D eigenvalue weighted by molar-refractivity contribution is 0.0649. The van der Waals surface area contributed by atoms with Crippen molar-refractivity contribution in [2.24, 2.45) is 0 Å². The molecule has 0 aliphatic heterocycles. The normalized spacial score (nSPS) is 10.3. The first-order valence-corrected chi connectivity index (χ1v) is 6.05. The molecule has 0 radical (unpaired) electrons. The SMILES string of the molecule is CN(Cc1ccccc1Cl)C(=O)c1cc(C(=O)O)on1. The molecule has 0 atom stereocenters. The Morgan fingerprint density at radius 2 is 2.10 bits per heavy atom. The second kappa shape index (κ2) is 5.75. The van der Waals surface area contributed by atoms with E-state index in [1.54, 1.807) is 25.2 Å². The zero-order valence-corrected chi connectivity index (χ0v) is 11.3. The fraction of sp³-hybridized carbons (Fsp3) is 0.154. The summed E-state index contributed by atoms with van der Waals surface area (Å²) < 4.78 is 4.55. The molecular weight excluding hydrogens is 284 g/mol. The van der Waals surface area contributed by atoms with Gasteiger partial charge in [0.15, 0.2) is 5.69 Å². The van der Waals surface area contributed by atoms with E-state index in [4.69, 9.17) is 16.7 Å². The van der Waals surface area contributed by atoms with Crippen molar-refractivity contribution in [2.75, 3.05) is 7.05 Å². The van der Waals surface area contributed by atoms with E-state index < -0.39 is 11.9 Å². The summed E-state index contributed by atoms with van der Waals surface area (Å²) in [5.41, 5.74) is 0.726. The number of hydrogen-bond acceptors (Lipinski definition) is 4. The van der Waals surface area contributed by atoms with Gasteiger partial charge in [-0.15, -0.1) is 0 Å². The number of rotatable bonds is 4. The largest absolute Gasteiger partial charge is 0.475 e. The van der Waals surface area contributed by atoms with Gasteiger partial charge < -0.3 is 14.5 Å². The molecule has 0 aliphatic carbocycles. The third-order valence-corrected chi connectivity index (χ3v) is 3.02. The van der Waals surface area contributed by atoms with Gasteiger partial charge in [-0.2, -0.15) is 0 Å². The molecule has 104 valence electrons. The van der Waals surface area contributed by atoms with Gasteiger partial charge >= 0.3 is 5.97 Å². The van der Waals surface area contributed by atoms with E-state index in [2.05, 4.69) is 9.68 Å². The number of aromatic carboxylic acids is 1. The molecule has 0 fully saturated rings. The summed E-state index contributed by atoms with van der Waals surface area (Å²) in [7, 11) is 1.57. The van der Waals surface area contributed by atoms with Crippen LogP contribution in [-0.2, 0) is 6.54 Å². The molecule has 20 heavy (non-hydrogen) atoms. The van der Waals surface area contributed by atoms with Gasteiger partial charge in [-0.3, -0.25) is 4.79 Å². The Morgan fingerprint density at radius 1 is 1.40 bits per heavy atom. The van der Waals surface area contributed by atoms with Gasteiger partial charge in [0.05, 0.1) is 0 Å². The van der Waals surface area contributed by atoms with Crippen LogP contribution in [0, 0.1) is 0 Å². The molecule has 0 saturated carbocycles. The summed E-state index contributed by atoms with van der Waals surface area (Å²) in [6.07, 6.45) is 0.